The molecule has 0 radical (unpaired) electrons. The van der Waals surface area contributed by atoms with Crippen molar-refractivity contribution < 1.29 is 38.5 Å². The molecule has 5 N–H and O–H groups in total. The van der Waals surface area contributed by atoms with Gasteiger partial charge in [0.25, 0.3) is 5.88 Å². The number of hydrogen-bond acceptors (Lipinski definition) is 19. The molecule has 6 aromatic rings. The average Bonchev–Trinajstić information content (AvgIpc) is 4.23. The van der Waals surface area contributed by atoms with Crippen molar-refractivity contribution in [2.24, 2.45) is 5.92 Å². The molecule has 1 unspecified atom stereocenters. The first kappa shape index (κ1) is 52.1. The Morgan fingerprint density at radius 2 is 1.68 bits per heavy atom. The third kappa shape index (κ3) is 11.4. The van der Waals surface area contributed by atoms with Gasteiger partial charge in [0.05, 0.1) is 58.0 Å². The highest BCUT2D eigenvalue weighted by Crippen LogP contribution is 2.40. The van der Waals surface area contributed by atoms with Gasteiger partial charge >= 0.3 is 0 Å². The Morgan fingerprint density at radius 3 is 2.40 bits per heavy atom. The Balaban J connectivity index is 0.601. The quantitative estimate of drug-likeness (QED) is 0.0713. The number of fused-ring (bicyclic) bond motifs is 2. The number of phenolic OH excluding ortho intramolecular Hbond substituents is 1. The van der Waals surface area contributed by atoms with Crippen LogP contribution in [0, 0.1) is 12.8 Å². The van der Waals surface area contributed by atoms with Gasteiger partial charge in [0.1, 0.15) is 36.2 Å². The van der Waals surface area contributed by atoms with Crippen molar-refractivity contribution in [2.75, 3.05) is 61.4 Å². The number of nitrogens with zero attached hydrogens (tertiary/aromatic N) is 10. The third-order valence-electron chi connectivity index (χ3n) is 16.0. The molecule has 4 saturated heterocycles. The summed E-state index contributed by atoms with van der Waals surface area (Å²) in [5, 5.41) is 45.9. The Labute approximate surface area is 451 Å². The smallest absolute Gasteiger partial charge is 0.254 e. The second kappa shape index (κ2) is 22.6. The number of nitrogens with one attached hydrogen (secondary N) is 1. The van der Waals surface area contributed by atoms with Gasteiger partial charge in [-0.25, -0.2) is 4.98 Å². The second-order valence-electron chi connectivity index (χ2n) is 21.6. The van der Waals surface area contributed by atoms with E-state index in [1.165, 1.54) is 4.90 Å². The number of thiazole rings is 1. The van der Waals surface area contributed by atoms with Crippen LogP contribution in [0.1, 0.15) is 94.7 Å². The van der Waals surface area contributed by atoms with Crippen LogP contribution in [0.5, 0.6) is 17.4 Å². The van der Waals surface area contributed by atoms with Crippen molar-refractivity contribution in [3.05, 3.63) is 95.5 Å². The molecule has 1 aliphatic carbocycles. The lowest BCUT2D eigenvalue weighted by molar-refractivity contribution is -0.141. The van der Waals surface area contributed by atoms with Gasteiger partial charge in [-0.3, -0.25) is 14.5 Å². The molecule has 2 bridgehead atoms. The minimum Gasteiger partial charge on any atom is -0.507 e. The van der Waals surface area contributed by atoms with Gasteiger partial charge in [0.15, 0.2) is 17.4 Å². The number of benzene rings is 2. The standard InChI is InChI=1S/C56H68N12O8S/c1-32(2)52(56(72)67-30-39(69)21-47(67)55(71)60-33(3)35-9-11-36(12-10-35)53-34(4)58-31-77-53)49-26-51(64-76-49)73-20-19-65-17-15-40(16-18-65)74-41-22-42(23-41)75-43-24-50(62-59-27-43)68-37-13-14-38(68)29-66(28-37)46-25-45(61-63-54(46)57)44-7-5-6-8-48(44)70/h5-12,24-27,31-33,37-42,47,52,69-70H,13-23,28-30H2,1-4H3,(H2,57,63)(H,60,71)/t33-,37+,38?,39+,41?,42?,47-,52+/m0/s1. The minimum atomic E-state index is -0.831. The van der Waals surface area contributed by atoms with Crippen LogP contribution >= 0.6 is 11.3 Å². The fourth-order valence-corrected chi connectivity index (χ4v) is 12.6. The molecule has 6 atom stereocenters. The molecule has 0 spiro atoms. The number of aliphatic hydroxyl groups excluding tert-OH is 1. The van der Waals surface area contributed by atoms with Crippen molar-refractivity contribution in [1.29, 1.82) is 0 Å². The Hall–Kier alpha value is -6.94. The Morgan fingerprint density at radius 1 is 0.909 bits per heavy atom. The summed E-state index contributed by atoms with van der Waals surface area (Å²) in [5.74, 6) is 1.19. The van der Waals surface area contributed by atoms with E-state index in [-0.39, 0.29) is 72.9 Å². The topological polar surface area (TPSA) is 244 Å². The fraction of sp³-hybridized carbons (Fsp3) is 0.500. The lowest BCUT2D eigenvalue weighted by Crippen LogP contribution is -2.54. The summed E-state index contributed by atoms with van der Waals surface area (Å²) in [6.45, 7) is 12.2. The van der Waals surface area contributed by atoms with Crippen LogP contribution in [-0.4, -0.2) is 151 Å². The first-order chi connectivity index (χ1) is 37.3. The predicted octanol–water partition coefficient (Wildman–Crippen LogP) is 6.55. The maximum atomic E-state index is 14.2. The summed E-state index contributed by atoms with van der Waals surface area (Å²) >= 11 is 1.59. The molecule has 21 heteroatoms. The minimum absolute atomic E-state index is 0.0505. The first-order valence-corrected chi connectivity index (χ1v) is 27.9. The van der Waals surface area contributed by atoms with E-state index >= 15 is 0 Å². The number of phenols is 1. The number of ether oxygens (including phenoxy) is 3. The zero-order valence-electron chi connectivity index (χ0n) is 44.0. The van der Waals surface area contributed by atoms with Crippen LogP contribution in [0.2, 0.25) is 0 Å². The number of carbonyl (C=O) groups is 2. The number of carbonyl (C=O) groups excluding carboxylic acids is 2. The van der Waals surface area contributed by atoms with Crippen LogP contribution in [0.25, 0.3) is 21.7 Å². The third-order valence-corrected chi connectivity index (χ3v) is 17.0. The van der Waals surface area contributed by atoms with Crippen molar-refractivity contribution in [3.8, 4) is 39.1 Å². The van der Waals surface area contributed by atoms with E-state index in [9.17, 15) is 19.8 Å². The van der Waals surface area contributed by atoms with E-state index in [0.717, 1.165) is 97.9 Å². The second-order valence-corrected chi connectivity index (χ2v) is 22.5. The van der Waals surface area contributed by atoms with Crippen LogP contribution in [0.3, 0.4) is 0 Å². The molecule has 20 nitrogen and oxygen atoms in total. The summed E-state index contributed by atoms with van der Waals surface area (Å²) in [6, 6.07) is 20.0. The Bertz CT molecular complexity index is 3000. The number of rotatable bonds is 18. The van der Waals surface area contributed by atoms with Gasteiger partial charge in [0, 0.05) is 88.3 Å². The molecular formula is C56H68N12O8S. The molecule has 77 heavy (non-hydrogen) atoms. The molecule has 11 rings (SSSR count). The summed E-state index contributed by atoms with van der Waals surface area (Å²) in [6.07, 6.45) is 6.93. The average molecular weight is 1070 g/mol. The van der Waals surface area contributed by atoms with Crippen molar-refractivity contribution in [1.82, 2.24) is 45.7 Å². The van der Waals surface area contributed by atoms with Gasteiger partial charge in [0.2, 0.25) is 11.8 Å². The van der Waals surface area contributed by atoms with Gasteiger partial charge in [-0.05, 0) is 79.9 Å². The summed E-state index contributed by atoms with van der Waals surface area (Å²) in [4.78, 5) is 42.0. The SMILES string of the molecule is Cc1ncsc1-c1ccc([C@H](C)NC(=O)[C@@H]2C[C@@H](O)CN2C(=O)[C@@H](c2cc(OCCN3CCC(OC4CC(Oc5cnnc(N6C7CC[C@@H]6CN(c6cc(-c8ccccc8O)nnc6N)C7)c5)C4)CC3)no2)C(C)C)cc1. The fourth-order valence-electron chi connectivity index (χ4n) is 11.8. The van der Waals surface area contributed by atoms with E-state index in [1.807, 2.05) is 81.7 Å². The van der Waals surface area contributed by atoms with E-state index < -0.39 is 18.1 Å². The number of β-amino-alcohol motifs (C(OH)–C–C–N with tert-alkyl or cyclic N) is 1. The highest BCUT2D eigenvalue weighted by molar-refractivity contribution is 7.13. The summed E-state index contributed by atoms with van der Waals surface area (Å²) < 4.78 is 24.8. The van der Waals surface area contributed by atoms with Crippen LogP contribution in [0.4, 0.5) is 17.3 Å². The number of nitrogen functional groups attached to an aromatic ring is 1. The number of hydrogen-bond donors (Lipinski definition) is 4. The van der Waals surface area contributed by atoms with Crippen molar-refractivity contribution >= 4 is 40.5 Å². The van der Waals surface area contributed by atoms with E-state index in [2.05, 4.69) is 50.6 Å². The number of para-hydroxylation sites is 1. The molecule has 4 aliphatic heterocycles. The molecule has 5 fully saturated rings. The molecule has 406 valence electrons. The molecule has 8 heterocycles. The number of aromatic nitrogens is 6. The molecule has 2 aromatic carbocycles. The number of likely N-dealkylation sites (tertiary alicyclic amines) is 2. The molecule has 2 amide bonds. The number of anilines is 3. The van der Waals surface area contributed by atoms with Crippen LogP contribution in [0.15, 0.2) is 83.0 Å². The first-order valence-electron chi connectivity index (χ1n) is 27.0. The number of piperidine rings is 1. The van der Waals surface area contributed by atoms with Gasteiger partial charge in [-0.1, -0.05) is 50.2 Å². The normalized spacial score (nSPS) is 23.5. The van der Waals surface area contributed by atoms with Gasteiger partial charge in [-0.2, -0.15) is 5.10 Å². The molecule has 5 aliphatic rings. The number of amides is 2. The van der Waals surface area contributed by atoms with E-state index in [1.54, 1.807) is 35.7 Å². The zero-order valence-corrected chi connectivity index (χ0v) is 44.8. The number of aliphatic hydroxyl groups is 1. The molecular weight excluding hydrogens is 1000 g/mol. The maximum Gasteiger partial charge on any atom is 0.254 e. The largest absolute Gasteiger partial charge is 0.507 e. The highest BCUT2D eigenvalue weighted by atomic mass is 32.1. The molecule has 1 saturated carbocycles. The summed E-state index contributed by atoms with van der Waals surface area (Å²) in [7, 11) is 0. The lowest BCUT2D eigenvalue weighted by atomic mass is 9.91. The monoisotopic (exact) mass is 1070 g/mol. The lowest BCUT2D eigenvalue weighted by Gasteiger charge is -2.43. The Kier molecular flexibility index (Phi) is 15.3. The zero-order chi connectivity index (χ0) is 53.3. The van der Waals surface area contributed by atoms with Gasteiger partial charge in [-0.15, -0.1) is 26.6 Å². The number of nitrogens with two attached hydrogens (primary N) is 1. The van der Waals surface area contributed by atoms with Crippen LogP contribution < -0.4 is 30.3 Å². The van der Waals surface area contributed by atoms with Crippen molar-refractivity contribution in [3.63, 3.8) is 0 Å². The van der Waals surface area contributed by atoms with Crippen molar-refractivity contribution in [2.45, 2.75) is 127 Å². The van der Waals surface area contributed by atoms with Gasteiger partial charge < -0.3 is 54.7 Å². The van der Waals surface area contributed by atoms with E-state index in [4.69, 9.17) is 24.5 Å². The number of piperazine rings is 1. The van der Waals surface area contributed by atoms with E-state index in [0.29, 0.717) is 47.6 Å². The molecule has 4 aromatic heterocycles. The summed E-state index contributed by atoms with van der Waals surface area (Å²) in [5.41, 5.74) is 13.2. The highest BCUT2D eigenvalue weighted by Gasteiger charge is 2.45. The number of aromatic hydroxyl groups is 1. The predicted molar refractivity (Wildman–Crippen MR) is 290 cm³/mol. The number of aryl methyl sites for hydroxylation is 1. The van der Waals surface area contributed by atoms with Crippen LogP contribution in [-0.2, 0) is 14.3 Å². The maximum absolute atomic E-state index is 14.2.